The van der Waals surface area contributed by atoms with Crippen molar-refractivity contribution >= 4 is 40.0 Å². The third kappa shape index (κ3) is 4.93. The molecule has 3 aromatic rings. The zero-order chi connectivity index (χ0) is 22.9. The van der Waals surface area contributed by atoms with E-state index in [0.29, 0.717) is 17.9 Å². The van der Waals surface area contributed by atoms with Crippen molar-refractivity contribution in [1.82, 2.24) is 25.5 Å². The fourth-order valence-corrected chi connectivity index (χ4v) is 4.28. The first-order valence-electron chi connectivity index (χ1n) is 10.6. The molecule has 0 unspecified atom stereocenters. The number of amides is 1. The summed E-state index contributed by atoms with van der Waals surface area (Å²) in [6.07, 6.45) is 5.02. The van der Waals surface area contributed by atoms with Gasteiger partial charge in [0.2, 0.25) is 5.91 Å². The molecule has 8 nitrogen and oxygen atoms in total. The van der Waals surface area contributed by atoms with E-state index in [1.165, 1.54) is 18.5 Å². The Balaban J connectivity index is 1.48. The topological polar surface area (TPSA) is 98.8 Å². The van der Waals surface area contributed by atoms with Gasteiger partial charge in [0.15, 0.2) is 5.65 Å². The van der Waals surface area contributed by atoms with Gasteiger partial charge in [-0.25, -0.2) is 14.4 Å². The van der Waals surface area contributed by atoms with E-state index >= 15 is 0 Å². The van der Waals surface area contributed by atoms with Crippen molar-refractivity contribution < 1.29 is 9.18 Å². The normalized spacial score (nSPS) is 17.9. The molecule has 1 saturated heterocycles. The van der Waals surface area contributed by atoms with Gasteiger partial charge >= 0.3 is 0 Å². The van der Waals surface area contributed by atoms with Crippen LogP contribution in [0.1, 0.15) is 33.6 Å². The number of nitrogens with one attached hydrogen (secondary N) is 3. The Labute approximate surface area is 191 Å². The lowest BCUT2D eigenvalue weighted by molar-refractivity contribution is -0.124. The molecule has 32 heavy (non-hydrogen) atoms. The molecule has 10 heteroatoms. The Morgan fingerprint density at radius 3 is 2.88 bits per heavy atom. The highest BCUT2D eigenvalue weighted by Gasteiger charge is 2.34. The molecule has 2 aromatic heterocycles. The van der Waals surface area contributed by atoms with E-state index in [0.717, 1.165) is 30.6 Å². The van der Waals surface area contributed by atoms with Crippen LogP contribution in [-0.2, 0) is 4.79 Å². The van der Waals surface area contributed by atoms with Gasteiger partial charge in [-0.05, 0) is 36.5 Å². The highest BCUT2D eigenvalue weighted by molar-refractivity contribution is 6.30. The van der Waals surface area contributed by atoms with Gasteiger partial charge in [-0.2, -0.15) is 5.10 Å². The van der Waals surface area contributed by atoms with Crippen LogP contribution in [0.25, 0.3) is 11.0 Å². The maximum absolute atomic E-state index is 13.8. The number of fused-ring (bicyclic) bond motifs is 1. The van der Waals surface area contributed by atoms with Crippen LogP contribution in [-0.4, -0.2) is 51.2 Å². The molecule has 1 aliphatic rings. The summed E-state index contributed by atoms with van der Waals surface area (Å²) in [7, 11) is 0. The molecule has 1 aliphatic heterocycles. The molecule has 1 fully saturated rings. The van der Waals surface area contributed by atoms with Gasteiger partial charge in [0.25, 0.3) is 0 Å². The first-order chi connectivity index (χ1) is 15.2. The maximum Gasteiger partial charge on any atom is 0.243 e. The average Bonchev–Trinajstić information content (AvgIpc) is 3.19. The average molecular weight is 460 g/mol. The van der Waals surface area contributed by atoms with Gasteiger partial charge in [0, 0.05) is 29.8 Å². The lowest BCUT2D eigenvalue weighted by atomic mass is 9.85. The van der Waals surface area contributed by atoms with Gasteiger partial charge in [0.1, 0.15) is 24.0 Å². The Morgan fingerprint density at radius 2 is 2.12 bits per heavy atom. The highest BCUT2D eigenvalue weighted by atomic mass is 35.5. The number of rotatable bonds is 5. The molecule has 3 heterocycles. The SMILES string of the molecule is CC(C)(C)[C@@H](Nc1cc(F)cc(Cl)c1)C(=O)N[C@@H]1CCCN(c2ncnc3[nH]ncc23)C1. The van der Waals surface area contributed by atoms with E-state index in [4.69, 9.17) is 11.6 Å². The second-order valence-electron chi connectivity index (χ2n) is 9.22. The van der Waals surface area contributed by atoms with Gasteiger partial charge in [-0.1, -0.05) is 32.4 Å². The lowest BCUT2D eigenvalue weighted by Crippen LogP contribution is -2.54. The third-order valence-corrected chi connectivity index (χ3v) is 5.81. The van der Waals surface area contributed by atoms with Crippen molar-refractivity contribution in [3.05, 3.63) is 41.6 Å². The minimum absolute atomic E-state index is 0.0455. The minimum atomic E-state index is -0.574. The molecule has 1 amide bonds. The van der Waals surface area contributed by atoms with Crippen LogP contribution in [0.15, 0.2) is 30.7 Å². The number of piperidine rings is 1. The van der Waals surface area contributed by atoms with Gasteiger partial charge < -0.3 is 15.5 Å². The summed E-state index contributed by atoms with van der Waals surface area (Å²) in [4.78, 5) is 24.1. The molecule has 170 valence electrons. The van der Waals surface area contributed by atoms with E-state index in [1.807, 2.05) is 20.8 Å². The number of aromatic amines is 1. The highest BCUT2D eigenvalue weighted by Crippen LogP contribution is 2.27. The number of anilines is 2. The Bertz CT molecular complexity index is 1090. The second-order valence-corrected chi connectivity index (χ2v) is 9.66. The number of halogens is 2. The molecular formula is C22H27ClFN7O. The molecule has 4 rings (SSSR count). The number of carbonyl (C=O) groups excluding carboxylic acids is 1. The summed E-state index contributed by atoms with van der Waals surface area (Å²) in [6.45, 7) is 7.37. The second kappa shape index (κ2) is 8.90. The van der Waals surface area contributed by atoms with Crippen LogP contribution in [0.2, 0.25) is 5.02 Å². The van der Waals surface area contributed by atoms with Crippen molar-refractivity contribution in [2.24, 2.45) is 5.41 Å². The quantitative estimate of drug-likeness (QED) is 0.537. The van der Waals surface area contributed by atoms with E-state index in [9.17, 15) is 9.18 Å². The Kier molecular flexibility index (Phi) is 6.19. The van der Waals surface area contributed by atoms with Crippen LogP contribution in [0, 0.1) is 11.2 Å². The van der Waals surface area contributed by atoms with E-state index in [-0.39, 0.29) is 17.0 Å². The van der Waals surface area contributed by atoms with Crippen LogP contribution in [0.4, 0.5) is 15.9 Å². The third-order valence-electron chi connectivity index (χ3n) is 5.60. The molecule has 2 atom stereocenters. The van der Waals surface area contributed by atoms with Crippen LogP contribution >= 0.6 is 11.6 Å². The van der Waals surface area contributed by atoms with Crippen molar-refractivity contribution in [1.29, 1.82) is 0 Å². The van der Waals surface area contributed by atoms with Crippen molar-refractivity contribution in [2.75, 3.05) is 23.3 Å². The van der Waals surface area contributed by atoms with Gasteiger partial charge in [-0.15, -0.1) is 0 Å². The lowest BCUT2D eigenvalue weighted by Gasteiger charge is -2.37. The Morgan fingerprint density at radius 1 is 1.31 bits per heavy atom. The molecule has 0 saturated carbocycles. The summed E-state index contributed by atoms with van der Waals surface area (Å²) in [5.74, 6) is 0.217. The zero-order valence-corrected chi connectivity index (χ0v) is 19.1. The smallest absolute Gasteiger partial charge is 0.243 e. The summed E-state index contributed by atoms with van der Waals surface area (Å²) < 4.78 is 13.8. The van der Waals surface area contributed by atoms with E-state index in [1.54, 1.807) is 12.3 Å². The maximum atomic E-state index is 13.8. The summed E-state index contributed by atoms with van der Waals surface area (Å²) in [6, 6.07) is 3.57. The number of hydrogen-bond donors (Lipinski definition) is 3. The van der Waals surface area contributed by atoms with Crippen molar-refractivity contribution in [3.63, 3.8) is 0 Å². The van der Waals surface area contributed by atoms with Gasteiger partial charge in [0.05, 0.1) is 11.6 Å². The number of benzene rings is 1. The summed E-state index contributed by atoms with van der Waals surface area (Å²) in [5.41, 5.74) is 0.748. The number of nitrogens with zero attached hydrogens (tertiary/aromatic N) is 4. The molecule has 0 bridgehead atoms. The standard InChI is InChI=1S/C22H27ClFN7O/c1-22(2,3)18(28-16-8-13(23)7-14(24)9-16)21(32)29-15-5-4-6-31(11-15)20-17-10-27-30-19(17)25-12-26-20/h7-10,12,15,18,28H,4-6,11H2,1-3H3,(H,29,32)(H,25,26,27,30)/t15-,18+/m1/s1. The number of aromatic nitrogens is 4. The molecular weight excluding hydrogens is 433 g/mol. The van der Waals surface area contributed by atoms with Crippen molar-refractivity contribution in [3.8, 4) is 0 Å². The monoisotopic (exact) mass is 459 g/mol. The summed E-state index contributed by atoms with van der Waals surface area (Å²) >= 11 is 5.99. The fourth-order valence-electron chi connectivity index (χ4n) is 4.06. The first-order valence-corrected chi connectivity index (χ1v) is 11.0. The number of carbonyl (C=O) groups is 1. The van der Waals surface area contributed by atoms with Crippen molar-refractivity contribution in [2.45, 2.75) is 45.7 Å². The molecule has 0 spiro atoms. The molecule has 0 radical (unpaired) electrons. The predicted octanol–water partition coefficient (Wildman–Crippen LogP) is 3.76. The van der Waals surface area contributed by atoms with E-state index < -0.39 is 17.3 Å². The minimum Gasteiger partial charge on any atom is -0.373 e. The zero-order valence-electron chi connectivity index (χ0n) is 18.3. The molecule has 3 N–H and O–H groups in total. The number of hydrogen-bond acceptors (Lipinski definition) is 6. The largest absolute Gasteiger partial charge is 0.373 e. The number of H-pyrrole nitrogens is 1. The predicted molar refractivity (Wildman–Crippen MR) is 123 cm³/mol. The van der Waals surface area contributed by atoms with Crippen LogP contribution in [0.3, 0.4) is 0 Å². The van der Waals surface area contributed by atoms with Crippen LogP contribution < -0.4 is 15.5 Å². The molecule has 0 aliphatic carbocycles. The first kappa shape index (κ1) is 22.3. The van der Waals surface area contributed by atoms with Gasteiger partial charge in [-0.3, -0.25) is 9.89 Å². The Hall–Kier alpha value is -2.94. The van der Waals surface area contributed by atoms with Crippen LogP contribution in [0.5, 0.6) is 0 Å². The fraction of sp³-hybridized carbons (Fsp3) is 0.455. The summed E-state index contributed by atoms with van der Waals surface area (Å²) in [5, 5.41) is 14.4. The molecule has 1 aromatic carbocycles. The van der Waals surface area contributed by atoms with E-state index in [2.05, 4.69) is 35.7 Å².